The molecule has 1 amide bonds. The highest BCUT2D eigenvalue weighted by Crippen LogP contribution is 2.25. The molecule has 0 aliphatic rings. The molecule has 116 valence electrons. The first kappa shape index (κ1) is 17.7. The lowest BCUT2D eigenvalue weighted by Crippen LogP contribution is -2.45. The highest BCUT2D eigenvalue weighted by molar-refractivity contribution is 7.91. The fraction of sp³-hybridized carbons (Fsp3) is 0.333. The number of esters is 1. The van der Waals surface area contributed by atoms with E-state index >= 15 is 0 Å². The summed E-state index contributed by atoms with van der Waals surface area (Å²) in [5.74, 6) is -2.04. The number of hydrogen-bond donors (Lipinski definition) is 1. The van der Waals surface area contributed by atoms with Gasteiger partial charge >= 0.3 is 5.97 Å². The van der Waals surface area contributed by atoms with E-state index in [4.69, 9.17) is 23.2 Å². The number of benzene rings is 1. The Morgan fingerprint density at radius 2 is 1.90 bits per heavy atom. The third-order valence-corrected chi connectivity index (χ3v) is 4.98. The van der Waals surface area contributed by atoms with Gasteiger partial charge in [0.25, 0.3) is 0 Å². The quantitative estimate of drug-likeness (QED) is 0.809. The highest BCUT2D eigenvalue weighted by Gasteiger charge is 2.28. The molecule has 0 aliphatic carbocycles. The molecule has 0 heterocycles. The van der Waals surface area contributed by atoms with Crippen molar-refractivity contribution in [1.29, 1.82) is 0 Å². The molecule has 0 saturated heterocycles. The van der Waals surface area contributed by atoms with Crippen molar-refractivity contribution >= 4 is 44.9 Å². The maximum absolute atomic E-state index is 12.2. The minimum absolute atomic E-state index is 0.0758. The molecule has 1 unspecified atom stereocenters. The zero-order valence-corrected chi connectivity index (χ0v) is 13.6. The Morgan fingerprint density at radius 3 is 2.38 bits per heavy atom. The van der Waals surface area contributed by atoms with E-state index in [0.717, 1.165) is 7.11 Å². The van der Waals surface area contributed by atoms with Gasteiger partial charge in [0.15, 0.2) is 9.84 Å². The van der Waals surface area contributed by atoms with Gasteiger partial charge in [0.2, 0.25) is 5.91 Å². The van der Waals surface area contributed by atoms with Crippen LogP contribution < -0.4 is 5.32 Å². The molecule has 1 N–H and O–H groups in total. The van der Waals surface area contributed by atoms with Gasteiger partial charge in [-0.05, 0) is 18.2 Å². The summed E-state index contributed by atoms with van der Waals surface area (Å²) >= 11 is 11.5. The third-order valence-electron chi connectivity index (χ3n) is 2.50. The standard InChI is InChI=1S/C12H13Cl2NO5S/c1-7(16)15-11(12(17)20-2)6-21(18,19)8-3-4-9(13)10(14)5-8/h3-5,11H,6H2,1-2H3,(H,15,16). The molecule has 1 aromatic carbocycles. The van der Waals surface area contributed by atoms with E-state index in [9.17, 15) is 18.0 Å². The van der Waals surface area contributed by atoms with E-state index in [1.807, 2.05) is 0 Å². The summed E-state index contributed by atoms with van der Waals surface area (Å²) in [4.78, 5) is 22.5. The van der Waals surface area contributed by atoms with Crippen molar-refractivity contribution in [2.24, 2.45) is 0 Å². The van der Waals surface area contributed by atoms with Crippen LogP contribution in [-0.2, 0) is 24.2 Å². The van der Waals surface area contributed by atoms with Crippen LogP contribution in [0.1, 0.15) is 6.92 Å². The predicted molar refractivity (Wildman–Crippen MR) is 78.1 cm³/mol. The highest BCUT2D eigenvalue weighted by atomic mass is 35.5. The lowest BCUT2D eigenvalue weighted by molar-refractivity contribution is -0.144. The molecule has 6 nitrogen and oxygen atoms in total. The molecule has 0 saturated carbocycles. The third kappa shape index (κ3) is 4.87. The number of carbonyl (C=O) groups is 2. The van der Waals surface area contributed by atoms with Crippen LogP contribution in [0.15, 0.2) is 23.1 Å². The van der Waals surface area contributed by atoms with Gasteiger partial charge in [0, 0.05) is 6.92 Å². The van der Waals surface area contributed by atoms with Crippen molar-refractivity contribution in [3.63, 3.8) is 0 Å². The smallest absolute Gasteiger partial charge is 0.329 e. The Balaban J connectivity index is 3.07. The summed E-state index contributed by atoms with van der Waals surface area (Å²) in [7, 11) is -2.76. The summed E-state index contributed by atoms with van der Waals surface area (Å²) in [5.41, 5.74) is 0. The molecule has 0 bridgehead atoms. The van der Waals surface area contributed by atoms with E-state index < -0.39 is 33.5 Å². The largest absolute Gasteiger partial charge is 0.467 e. The van der Waals surface area contributed by atoms with Crippen molar-refractivity contribution in [3.05, 3.63) is 28.2 Å². The van der Waals surface area contributed by atoms with Crippen molar-refractivity contribution < 1.29 is 22.7 Å². The van der Waals surface area contributed by atoms with Gasteiger partial charge in [0.1, 0.15) is 6.04 Å². The monoisotopic (exact) mass is 353 g/mol. The zero-order valence-electron chi connectivity index (χ0n) is 11.2. The molecule has 1 aromatic rings. The predicted octanol–water partition coefficient (Wildman–Crippen LogP) is 1.44. The first-order valence-corrected chi connectivity index (χ1v) is 8.11. The normalized spacial score (nSPS) is 12.6. The Kier molecular flexibility index (Phi) is 6.00. The maximum atomic E-state index is 12.2. The number of halogens is 2. The molecule has 1 atom stereocenters. The SMILES string of the molecule is COC(=O)C(CS(=O)(=O)c1ccc(Cl)c(Cl)c1)NC(C)=O. The molecule has 0 spiro atoms. The molecule has 21 heavy (non-hydrogen) atoms. The average Bonchev–Trinajstić information content (AvgIpc) is 2.39. The minimum atomic E-state index is -3.86. The van der Waals surface area contributed by atoms with E-state index in [1.165, 1.54) is 25.1 Å². The van der Waals surface area contributed by atoms with Gasteiger partial charge in [-0.3, -0.25) is 4.79 Å². The Morgan fingerprint density at radius 1 is 1.29 bits per heavy atom. The fourth-order valence-electron chi connectivity index (χ4n) is 1.54. The Labute approximate surface area is 132 Å². The summed E-state index contributed by atoms with van der Waals surface area (Å²) in [6.45, 7) is 1.17. The molecule has 9 heteroatoms. The van der Waals surface area contributed by atoms with Gasteiger partial charge in [-0.1, -0.05) is 23.2 Å². The molecule has 0 fully saturated rings. The number of carbonyl (C=O) groups excluding carboxylic acids is 2. The van der Waals surface area contributed by atoms with Crippen molar-refractivity contribution in [1.82, 2.24) is 5.32 Å². The fourth-order valence-corrected chi connectivity index (χ4v) is 3.33. The molecular weight excluding hydrogens is 341 g/mol. The van der Waals surface area contributed by atoms with Crippen LogP contribution in [0.25, 0.3) is 0 Å². The van der Waals surface area contributed by atoms with Crippen molar-refractivity contribution in [2.45, 2.75) is 17.9 Å². The molecular formula is C12H13Cl2NO5S. The summed E-state index contributed by atoms with van der Waals surface area (Å²) in [6, 6.07) is 2.49. The van der Waals surface area contributed by atoms with Gasteiger partial charge in [0.05, 0.1) is 27.8 Å². The number of nitrogens with one attached hydrogen (secondary N) is 1. The second kappa shape index (κ2) is 7.11. The second-order valence-corrected chi connectivity index (χ2v) is 6.98. The summed E-state index contributed by atoms with van der Waals surface area (Å²) in [6.07, 6.45) is 0. The lowest BCUT2D eigenvalue weighted by Gasteiger charge is -2.15. The number of hydrogen-bond acceptors (Lipinski definition) is 5. The van der Waals surface area contributed by atoms with Crippen LogP contribution in [0.3, 0.4) is 0 Å². The molecule has 0 aliphatic heterocycles. The van der Waals surface area contributed by atoms with Gasteiger partial charge < -0.3 is 10.1 Å². The molecule has 0 aromatic heterocycles. The van der Waals surface area contributed by atoms with Crippen LogP contribution in [0.2, 0.25) is 10.0 Å². The van der Waals surface area contributed by atoms with Crippen LogP contribution in [0.5, 0.6) is 0 Å². The Hall–Kier alpha value is -1.31. The number of amides is 1. The van der Waals surface area contributed by atoms with Gasteiger partial charge in [-0.25, -0.2) is 13.2 Å². The van der Waals surface area contributed by atoms with Crippen LogP contribution >= 0.6 is 23.2 Å². The second-order valence-electron chi connectivity index (χ2n) is 4.13. The van der Waals surface area contributed by atoms with Crippen molar-refractivity contribution in [3.8, 4) is 0 Å². The maximum Gasteiger partial charge on any atom is 0.329 e. The Bertz CT molecular complexity index is 660. The average molecular weight is 354 g/mol. The molecule has 0 radical (unpaired) electrons. The van der Waals surface area contributed by atoms with E-state index in [0.29, 0.717) is 0 Å². The summed E-state index contributed by atoms with van der Waals surface area (Å²) < 4.78 is 29.0. The van der Waals surface area contributed by atoms with Crippen molar-refractivity contribution in [2.75, 3.05) is 12.9 Å². The number of rotatable bonds is 5. The lowest BCUT2D eigenvalue weighted by atomic mass is 10.3. The molecule has 1 rings (SSSR count). The first-order valence-electron chi connectivity index (χ1n) is 5.70. The van der Waals surface area contributed by atoms with E-state index in [2.05, 4.69) is 10.1 Å². The van der Waals surface area contributed by atoms with Crippen LogP contribution in [0.4, 0.5) is 0 Å². The summed E-state index contributed by atoms with van der Waals surface area (Å²) in [5, 5.41) is 2.52. The van der Waals surface area contributed by atoms with Crippen LogP contribution in [0, 0.1) is 0 Å². The number of methoxy groups -OCH3 is 1. The van der Waals surface area contributed by atoms with Crippen LogP contribution in [-0.4, -0.2) is 39.2 Å². The van der Waals surface area contributed by atoms with E-state index in [-0.39, 0.29) is 14.9 Å². The zero-order chi connectivity index (χ0) is 16.2. The van der Waals surface area contributed by atoms with E-state index in [1.54, 1.807) is 0 Å². The minimum Gasteiger partial charge on any atom is -0.467 e. The first-order chi connectivity index (χ1) is 9.67. The number of ether oxygens (including phenoxy) is 1. The van der Waals surface area contributed by atoms with Gasteiger partial charge in [-0.15, -0.1) is 0 Å². The topological polar surface area (TPSA) is 89.5 Å². The van der Waals surface area contributed by atoms with Gasteiger partial charge in [-0.2, -0.15) is 0 Å². The number of sulfone groups is 1.